The highest BCUT2D eigenvalue weighted by Crippen LogP contribution is 2.18. The second kappa shape index (κ2) is 12.2. The van der Waals surface area contributed by atoms with Crippen molar-refractivity contribution in [1.82, 2.24) is 14.4 Å². The van der Waals surface area contributed by atoms with E-state index in [1.54, 1.807) is 27.8 Å². The van der Waals surface area contributed by atoms with Gasteiger partial charge in [-0.2, -0.15) is 0 Å². The molecule has 0 unspecified atom stereocenters. The number of urea groups is 1. The SMILES string of the molecule is CCCCN(CC(=O)N(Cc1ccco1)Cc1cccn1C)C(=O)Nc1ccc(SC)cc1. The van der Waals surface area contributed by atoms with Gasteiger partial charge in [0.15, 0.2) is 0 Å². The molecule has 1 aromatic carbocycles. The second-order valence-electron chi connectivity index (χ2n) is 7.87. The highest BCUT2D eigenvalue weighted by molar-refractivity contribution is 7.98. The number of carbonyl (C=O) groups excluding carboxylic acids is 2. The summed E-state index contributed by atoms with van der Waals surface area (Å²) in [7, 11) is 1.95. The molecular weight excluding hydrogens is 436 g/mol. The predicted octanol–water partition coefficient (Wildman–Crippen LogP) is 5.20. The molecule has 3 rings (SSSR count). The zero-order valence-corrected chi connectivity index (χ0v) is 20.3. The van der Waals surface area contributed by atoms with Gasteiger partial charge in [-0.15, -0.1) is 11.8 Å². The molecule has 2 aromatic heterocycles. The van der Waals surface area contributed by atoms with Crippen LogP contribution in [0.2, 0.25) is 0 Å². The summed E-state index contributed by atoms with van der Waals surface area (Å²) in [6, 6.07) is 15.0. The lowest BCUT2D eigenvalue weighted by molar-refractivity contribution is -0.133. The lowest BCUT2D eigenvalue weighted by Gasteiger charge is -2.27. The van der Waals surface area contributed by atoms with Crippen LogP contribution >= 0.6 is 11.8 Å². The van der Waals surface area contributed by atoms with Crippen molar-refractivity contribution in [2.75, 3.05) is 24.7 Å². The van der Waals surface area contributed by atoms with E-state index in [-0.39, 0.29) is 18.5 Å². The summed E-state index contributed by atoms with van der Waals surface area (Å²) in [5.74, 6) is 0.576. The van der Waals surface area contributed by atoms with Gasteiger partial charge in [0.05, 0.1) is 19.4 Å². The van der Waals surface area contributed by atoms with Gasteiger partial charge in [-0.25, -0.2) is 4.79 Å². The van der Waals surface area contributed by atoms with Crippen LogP contribution in [0.5, 0.6) is 0 Å². The lowest BCUT2D eigenvalue weighted by atomic mass is 10.3. The number of furan rings is 1. The van der Waals surface area contributed by atoms with Crippen LogP contribution in [0.25, 0.3) is 0 Å². The summed E-state index contributed by atoms with van der Waals surface area (Å²) in [5.41, 5.74) is 1.72. The van der Waals surface area contributed by atoms with Crippen LogP contribution in [0.4, 0.5) is 10.5 Å². The molecule has 0 aliphatic rings. The first kappa shape index (κ1) is 24.5. The number of unbranched alkanes of at least 4 members (excludes halogenated alkanes) is 1. The molecule has 176 valence electrons. The minimum absolute atomic E-state index is 0.000139. The number of anilines is 1. The quantitative estimate of drug-likeness (QED) is 0.393. The Bertz CT molecular complexity index is 1010. The Labute approximate surface area is 199 Å². The Kier molecular flexibility index (Phi) is 9.06. The molecule has 0 bridgehead atoms. The molecule has 0 saturated carbocycles. The third-order valence-electron chi connectivity index (χ3n) is 5.42. The second-order valence-corrected chi connectivity index (χ2v) is 8.75. The number of hydrogen-bond donors (Lipinski definition) is 1. The van der Waals surface area contributed by atoms with Gasteiger partial charge in [0.25, 0.3) is 0 Å². The topological polar surface area (TPSA) is 70.7 Å². The van der Waals surface area contributed by atoms with Gasteiger partial charge < -0.3 is 24.1 Å². The van der Waals surface area contributed by atoms with Crippen molar-refractivity contribution >= 4 is 29.4 Å². The Morgan fingerprint density at radius 3 is 2.45 bits per heavy atom. The highest BCUT2D eigenvalue weighted by Gasteiger charge is 2.23. The van der Waals surface area contributed by atoms with Crippen molar-refractivity contribution in [2.45, 2.75) is 37.8 Å². The fraction of sp³-hybridized carbons (Fsp3) is 0.360. The summed E-state index contributed by atoms with van der Waals surface area (Å²) in [6.45, 7) is 3.35. The maximum absolute atomic E-state index is 13.4. The number of rotatable bonds is 11. The zero-order valence-electron chi connectivity index (χ0n) is 19.5. The first-order valence-electron chi connectivity index (χ1n) is 11.1. The normalized spacial score (nSPS) is 10.8. The smallest absolute Gasteiger partial charge is 0.322 e. The van der Waals surface area contributed by atoms with E-state index in [9.17, 15) is 9.59 Å². The first-order valence-corrected chi connectivity index (χ1v) is 12.3. The van der Waals surface area contributed by atoms with Crippen LogP contribution in [0.3, 0.4) is 0 Å². The maximum atomic E-state index is 13.4. The number of aryl methyl sites for hydroxylation is 1. The Morgan fingerprint density at radius 2 is 1.85 bits per heavy atom. The molecule has 0 atom stereocenters. The third kappa shape index (κ3) is 7.18. The number of hydrogen-bond acceptors (Lipinski definition) is 4. The number of thioether (sulfide) groups is 1. The number of nitrogens with zero attached hydrogens (tertiary/aromatic N) is 3. The monoisotopic (exact) mass is 468 g/mol. The van der Waals surface area contributed by atoms with E-state index in [0.29, 0.717) is 31.1 Å². The maximum Gasteiger partial charge on any atom is 0.322 e. The Hall–Kier alpha value is -3.13. The fourth-order valence-corrected chi connectivity index (χ4v) is 3.83. The standard InChI is InChI=1S/C25H32N4O3S/c1-4-5-15-28(25(31)26-20-10-12-23(33-3)13-11-20)19-24(30)29(18-22-9-7-16-32-22)17-21-8-6-14-27(21)2/h6-14,16H,4-5,15,17-19H2,1-3H3,(H,26,31). The van der Waals surface area contributed by atoms with E-state index < -0.39 is 0 Å². The Morgan fingerprint density at radius 1 is 1.06 bits per heavy atom. The molecule has 1 N–H and O–H groups in total. The van der Waals surface area contributed by atoms with Crippen molar-refractivity contribution in [1.29, 1.82) is 0 Å². The van der Waals surface area contributed by atoms with Crippen LogP contribution < -0.4 is 5.32 Å². The number of carbonyl (C=O) groups is 2. The van der Waals surface area contributed by atoms with E-state index in [2.05, 4.69) is 12.2 Å². The fourth-order valence-electron chi connectivity index (χ4n) is 3.42. The largest absolute Gasteiger partial charge is 0.467 e. The highest BCUT2D eigenvalue weighted by atomic mass is 32.2. The molecule has 8 heteroatoms. The van der Waals surface area contributed by atoms with Gasteiger partial charge >= 0.3 is 6.03 Å². The van der Waals surface area contributed by atoms with Crippen LogP contribution in [0.1, 0.15) is 31.2 Å². The molecule has 33 heavy (non-hydrogen) atoms. The third-order valence-corrected chi connectivity index (χ3v) is 6.16. The zero-order chi connectivity index (χ0) is 23.6. The number of benzene rings is 1. The predicted molar refractivity (Wildman–Crippen MR) is 132 cm³/mol. The summed E-state index contributed by atoms with van der Waals surface area (Å²) < 4.78 is 7.47. The summed E-state index contributed by atoms with van der Waals surface area (Å²) in [6.07, 6.45) is 7.32. The van der Waals surface area contributed by atoms with Crippen molar-refractivity contribution in [3.63, 3.8) is 0 Å². The lowest BCUT2D eigenvalue weighted by Crippen LogP contribution is -2.44. The minimum Gasteiger partial charge on any atom is -0.467 e. The molecule has 0 spiro atoms. The summed E-state index contributed by atoms with van der Waals surface area (Å²) in [5, 5.41) is 2.93. The number of aromatic nitrogens is 1. The summed E-state index contributed by atoms with van der Waals surface area (Å²) in [4.78, 5) is 30.9. The Balaban J connectivity index is 1.72. The van der Waals surface area contributed by atoms with Gasteiger partial charge in [-0.3, -0.25) is 4.79 Å². The summed E-state index contributed by atoms with van der Waals surface area (Å²) >= 11 is 1.65. The van der Waals surface area contributed by atoms with Crippen LogP contribution in [0, 0.1) is 0 Å². The molecular formula is C25H32N4O3S. The van der Waals surface area contributed by atoms with Gasteiger partial charge in [-0.05, 0) is 61.2 Å². The van der Waals surface area contributed by atoms with Crippen molar-refractivity contribution in [3.05, 3.63) is 72.4 Å². The molecule has 0 saturated heterocycles. The van der Waals surface area contributed by atoms with Gasteiger partial charge in [0.2, 0.25) is 5.91 Å². The van der Waals surface area contributed by atoms with E-state index in [1.807, 2.05) is 72.6 Å². The van der Waals surface area contributed by atoms with Gasteiger partial charge in [0.1, 0.15) is 12.3 Å². The first-order chi connectivity index (χ1) is 16.0. The average molecular weight is 469 g/mol. The average Bonchev–Trinajstić information content (AvgIpc) is 3.48. The van der Waals surface area contributed by atoms with E-state index in [0.717, 1.165) is 23.4 Å². The molecule has 7 nitrogen and oxygen atoms in total. The number of nitrogens with one attached hydrogen (secondary N) is 1. The van der Waals surface area contributed by atoms with Crippen molar-refractivity contribution in [2.24, 2.45) is 7.05 Å². The van der Waals surface area contributed by atoms with Gasteiger partial charge in [-0.1, -0.05) is 13.3 Å². The minimum atomic E-state index is -0.273. The van der Waals surface area contributed by atoms with Gasteiger partial charge in [0, 0.05) is 36.1 Å². The molecule has 0 radical (unpaired) electrons. The molecule has 0 aliphatic heterocycles. The molecule has 3 amide bonds. The molecule has 2 heterocycles. The molecule has 0 aliphatic carbocycles. The van der Waals surface area contributed by atoms with Crippen LogP contribution in [-0.4, -0.2) is 45.7 Å². The van der Waals surface area contributed by atoms with Crippen LogP contribution in [0.15, 0.2) is 70.3 Å². The van der Waals surface area contributed by atoms with E-state index in [1.165, 1.54) is 0 Å². The van der Waals surface area contributed by atoms with Crippen molar-refractivity contribution < 1.29 is 14.0 Å². The van der Waals surface area contributed by atoms with Crippen molar-refractivity contribution in [3.8, 4) is 0 Å². The van der Waals surface area contributed by atoms with Crippen LogP contribution in [-0.2, 0) is 24.9 Å². The van der Waals surface area contributed by atoms with E-state index >= 15 is 0 Å². The number of amides is 3. The molecule has 0 fully saturated rings. The molecule has 3 aromatic rings. The van der Waals surface area contributed by atoms with E-state index in [4.69, 9.17) is 4.42 Å².